The number of rotatable bonds is 6. The zero-order valence-corrected chi connectivity index (χ0v) is 15.6. The summed E-state index contributed by atoms with van der Waals surface area (Å²) in [6.07, 6.45) is 1.74. The van der Waals surface area contributed by atoms with Crippen molar-refractivity contribution in [1.29, 1.82) is 0 Å². The first-order valence-corrected chi connectivity index (χ1v) is 8.98. The van der Waals surface area contributed by atoms with Crippen LogP contribution < -0.4 is 0 Å². The Morgan fingerprint density at radius 2 is 2.12 bits per heavy atom. The molecule has 0 radical (unpaired) electrons. The number of carbonyl (C=O) groups excluding carboxylic acids is 1. The normalized spacial score (nSPS) is 15.8. The van der Waals surface area contributed by atoms with E-state index in [1.54, 1.807) is 6.07 Å². The van der Waals surface area contributed by atoms with Gasteiger partial charge in [0.15, 0.2) is 0 Å². The average molecular weight is 361 g/mol. The number of H-pyrrole nitrogens is 1. The van der Waals surface area contributed by atoms with Gasteiger partial charge in [0.1, 0.15) is 17.3 Å². The average Bonchev–Trinajstić information content (AvgIpc) is 3.21. The quantitative estimate of drug-likeness (QED) is 0.767. The molecule has 1 amide bonds. The zero-order chi connectivity index (χ0) is 18.7. The molecule has 0 aliphatic carbocycles. The molecule has 2 N–H and O–H groups in total. The SMILES string of the molecule is Cc1cc(C(=O)N2CCC(c3nnc(CN(C)CCO)n3C)CC2)n[nH]1. The molecular weight excluding hydrogens is 334 g/mol. The highest BCUT2D eigenvalue weighted by Crippen LogP contribution is 2.27. The van der Waals surface area contributed by atoms with E-state index in [0.29, 0.717) is 37.8 Å². The number of carbonyl (C=O) groups is 1. The number of aromatic nitrogens is 5. The maximum Gasteiger partial charge on any atom is 0.274 e. The molecule has 1 saturated heterocycles. The Hall–Kier alpha value is -2.26. The van der Waals surface area contributed by atoms with Gasteiger partial charge in [-0.25, -0.2) is 0 Å². The number of aryl methyl sites for hydroxylation is 1. The topological polar surface area (TPSA) is 103 Å². The lowest BCUT2D eigenvalue weighted by atomic mass is 9.95. The first-order chi connectivity index (χ1) is 12.5. The molecule has 26 heavy (non-hydrogen) atoms. The van der Waals surface area contributed by atoms with E-state index in [4.69, 9.17) is 5.11 Å². The van der Waals surface area contributed by atoms with Gasteiger partial charge in [-0.3, -0.25) is 14.8 Å². The number of nitrogens with zero attached hydrogens (tertiary/aromatic N) is 6. The Balaban J connectivity index is 1.60. The first kappa shape index (κ1) is 18.5. The van der Waals surface area contributed by atoms with E-state index in [2.05, 4.69) is 20.4 Å². The van der Waals surface area contributed by atoms with Gasteiger partial charge in [-0.1, -0.05) is 0 Å². The fourth-order valence-corrected chi connectivity index (χ4v) is 3.39. The van der Waals surface area contributed by atoms with E-state index in [1.807, 2.05) is 35.4 Å². The van der Waals surface area contributed by atoms with E-state index in [0.717, 1.165) is 30.2 Å². The number of likely N-dealkylation sites (tertiary alicyclic amines) is 1. The molecule has 0 saturated carbocycles. The Bertz CT molecular complexity index is 746. The number of hydrogen-bond donors (Lipinski definition) is 2. The number of hydrogen-bond acceptors (Lipinski definition) is 6. The summed E-state index contributed by atoms with van der Waals surface area (Å²) < 4.78 is 2.05. The van der Waals surface area contributed by atoms with Crippen molar-refractivity contribution in [3.8, 4) is 0 Å². The van der Waals surface area contributed by atoms with Gasteiger partial charge in [-0.05, 0) is 32.9 Å². The van der Waals surface area contributed by atoms with Crippen LogP contribution in [0.1, 0.15) is 46.6 Å². The van der Waals surface area contributed by atoms with E-state index in [9.17, 15) is 4.79 Å². The Kier molecular flexibility index (Phi) is 5.67. The second kappa shape index (κ2) is 7.96. The predicted octanol–water partition coefficient (Wildman–Crippen LogP) is 0.291. The highest BCUT2D eigenvalue weighted by Gasteiger charge is 2.28. The molecule has 3 rings (SSSR count). The van der Waals surface area contributed by atoms with Gasteiger partial charge in [-0.2, -0.15) is 5.10 Å². The van der Waals surface area contributed by atoms with Gasteiger partial charge < -0.3 is 14.6 Å². The number of aliphatic hydroxyl groups excluding tert-OH is 1. The van der Waals surface area contributed by atoms with Gasteiger partial charge in [0.2, 0.25) is 0 Å². The molecule has 2 aromatic heterocycles. The van der Waals surface area contributed by atoms with Crippen LogP contribution in [0.4, 0.5) is 0 Å². The summed E-state index contributed by atoms with van der Waals surface area (Å²) in [5, 5.41) is 24.6. The van der Waals surface area contributed by atoms with Crippen LogP contribution in [0.25, 0.3) is 0 Å². The van der Waals surface area contributed by atoms with Crippen LogP contribution in [-0.4, -0.2) is 79.1 Å². The van der Waals surface area contributed by atoms with Gasteiger partial charge in [0, 0.05) is 38.3 Å². The molecule has 1 aliphatic rings. The Morgan fingerprint density at radius 1 is 1.38 bits per heavy atom. The molecule has 142 valence electrons. The third-order valence-electron chi connectivity index (χ3n) is 4.96. The van der Waals surface area contributed by atoms with Crippen molar-refractivity contribution in [3.63, 3.8) is 0 Å². The Morgan fingerprint density at radius 3 is 2.73 bits per heavy atom. The van der Waals surface area contributed by atoms with Crippen LogP contribution in [0.5, 0.6) is 0 Å². The number of likely N-dealkylation sites (N-methyl/N-ethyl adjacent to an activating group) is 1. The lowest BCUT2D eigenvalue weighted by molar-refractivity contribution is 0.0704. The second-order valence-electron chi connectivity index (χ2n) is 7.00. The molecule has 1 fully saturated rings. The molecule has 0 atom stereocenters. The summed E-state index contributed by atoms with van der Waals surface area (Å²) in [6, 6.07) is 1.78. The van der Waals surface area contributed by atoms with Crippen molar-refractivity contribution in [2.45, 2.75) is 32.2 Å². The highest BCUT2D eigenvalue weighted by molar-refractivity contribution is 5.92. The second-order valence-corrected chi connectivity index (χ2v) is 7.00. The van der Waals surface area contributed by atoms with E-state index >= 15 is 0 Å². The van der Waals surface area contributed by atoms with Crippen molar-refractivity contribution in [3.05, 3.63) is 29.1 Å². The summed E-state index contributed by atoms with van der Waals surface area (Å²) in [6.45, 7) is 4.67. The van der Waals surface area contributed by atoms with Gasteiger partial charge in [0.25, 0.3) is 5.91 Å². The predicted molar refractivity (Wildman–Crippen MR) is 95.6 cm³/mol. The van der Waals surface area contributed by atoms with Crippen molar-refractivity contribution in [2.75, 3.05) is 33.3 Å². The minimum Gasteiger partial charge on any atom is -0.395 e. The van der Waals surface area contributed by atoms with Gasteiger partial charge >= 0.3 is 0 Å². The minimum atomic E-state index is -0.0166. The third-order valence-corrected chi connectivity index (χ3v) is 4.96. The molecule has 9 heteroatoms. The summed E-state index contributed by atoms with van der Waals surface area (Å²) in [7, 11) is 3.94. The summed E-state index contributed by atoms with van der Waals surface area (Å²) >= 11 is 0. The van der Waals surface area contributed by atoms with Crippen molar-refractivity contribution >= 4 is 5.91 Å². The number of piperidine rings is 1. The molecule has 3 heterocycles. The molecule has 0 unspecified atom stereocenters. The summed E-state index contributed by atoms with van der Waals surface area (Å²) in [5.74, 6) is 2.15. The van der Waals surface area contributed by atoms with Gasteiger partial charge in [-0.15, -0.1) is 10.2 Å². The first-order valence-electron chi connectivity index (χ1n) is 8.98. The number of aromatic amines is 1. The zero-order valence-electron chi connectivity index (χ0n) is 15.6. The van der Waals surface area contributed by atoms with Crippen LogP contribution in [0.15, 0.2) is 6.07 Å². The van der Waals surface area contributed by atoms with Crippen LogP contribution in [-0.2, 0) is 13.6 Å². The van der Waals surface area contributed by atoms with E-state index in [-0.39, 0.29) is 12.5 Å². The Labute approximate surface area is 153 Å². The summed E-state index contributed by atoms with van der Waals surface area (Å²) in [5.41, 5.74) is 1.37. The fraction of sp³-hybridized carbons (Fsp3) is 0.647. The van der Waals surface area contributed by atoms with Crippen LogP contribution in [0, 0.1) is 6.92 Å². The molecule has 2 aromatic rings. The maximum absolute atomic E-state index is 12.5. The van der Waals surface area contributed by atoms with Gasteiger partial charge in [0.05, 0.1) is 13.2 Å². The smallest absolute Gasteiger partial charge is 0.274 e. The lowest BCUT2D eigenvalue weighted by Crippen LogP contribution is -2.38. The van der Waals surface area contributed by atoms with Crippen molar-refractivity contribution in [1.82, 2.24) is 34.8 Å². The molecular formula is C17H27N7O2. The highest BCUT2D eigenvalue weighted by atomic mass is 16.3. The summed E-state index contributed by atoms with van der Waals surface area (Å²) in [4.78, 5) is 16.4. The number of nitrogens with one attached hydrogen (secondary N) is 1. The van der Waals surface area contributed by atoms with Crippen LogP contribution in [0.3, 0.4) is 0 Å². The molecule has 1 aliphatic heterocycles. The van der Waals surface area contributed by atoms with Crippen LogP contribution >= 0.6 is 0 Å². The largest absolute Gasteiger partial charge is 0.395 e. The molecule has 0 aromatic carbocycles. The third kappa shape index (κ3) is 3.94. The fourth-order valence-electron chi connectivity index (χ4n) is 3.39. The minimum absolute atomic E-state index is 0.0166. The van der Waals surface area contributed by atoms with E-state index < -0.39 is 0 Å². The van der Waals surface area contributed by atoms with Crippen LogP contribution in [0.2, 0.25) is 0 Å². The van der Waals surface area contributed by atoms with Crippen molar-refractivity contribution in [2.24, 2.45) is 7.05 Å². The standard InChI is InChI=1S/C17H27N7O2/c1-12-10-14(19-18-12)17(26)24-6-4-13(5-7-24)16-21-20-15(23(16)3)11-22(2)8-9-25/h10,13,25H,4-9,11H2,1-3H3,(H,18,19). The molecule has 9 nitrogen and oxygen atoms in total. The van der Waals surface area contributed by atoms with Crippen molar-refractivity contribution < 1.29 is 9.90 Å². The maximum atomic E-state index is 12.5. The lowest BCUT2D eigenvalue weighted by Gasteiger charge is -2.31. The monoisotopic (exact) mass is 361 g/mol. The molecule has 0 spiro atoms. The van der Waals surface area contributed by atoms with E-state index in [1.165, 1.54) is 0 Å². The molecule has 0 bridgehead atoms. The number of aliphatic hydroxyl groups is 1. The number of amides is 1.